The monoisotopic (exact) mass is 215 g/mol. The SMILES string of the molecule is CC(CC1=NC=CC1)C(O)c1ccccc1. The van der Waals surface area contributed by atoms with E-state index in [1.165, 1.54) is 5.71 Å². The van der Waals surface area contributed by atoms with Gasteiger partial charge in [0.15, 0.2) is 0 Å². The van der Waals surface area contributed by atoms with Gasteiger partial charge in [0.2, 0.25) is 0 Å². The van der Waals surface area contributed by atoms with Gasteiger partial charge in [0.25, 0.3) is 0 Å². The minimum Gasteiger partial charge on any atom is -0.388 e. The van der Waals surface area contributed by atoms with E-state index in [9.17, 15) is 5.11 Å². The van der Waals surface area contributed by atoms with E-state index in [2.05, 4.69) is 18.0 Å². The van der Waals surface area contributed by atoms with Gasteiger partial charge in [0.1, 0.15) is 0 Å². The molecule has 2 atom stereocenters. The Morgan fingerprint density at radius 2 is 2.06 bits per heavy atom. The van der Waals surface area contributed by atoms with Gasteiger partial charge < -0.3 is 5.11 Å². The maximum Gasteiger partial charge on any atom is 0.0819 e. The van der Waals surface area contributed by atoms with Gasteiger partial charge in [-0.3, -0.25) is 4.99 Å². The van der Waals surface area contributed by atoms with E-state index >= 15 is 0 Å². The van der Waals surface area contributed by atoms with Crippen LogP contribution in [-0.4, -0.2) is 10.8 Å². The first-order valence-electron chi connectivity index (χ1n) is 5.71. The first-order chi connectivity index (χ1) is 7.77. The highest BCUT2D eigenvalue weighted by molar-refractivity contribution is 5.88. The van der Waals surface area contributed by atoms with Crippen molar-refractivity contribution in [3.05, 3.63) is 48.2 Å². The molecule has 16 heavy (non-hydrogen) atoms. The summed E-state index contributed by atoms with van der Waals surface area (Å²) in [7, 11) is 0. The predicted molar refractivity (Wildman–Crippen MR) is 66.4 cm³/mol. The molecular weight excluding hydrogens is 198 g/mol. The lowest BCUT2D eigenvalue weighted by Crippen LogP contribution is -2.13. The Labute approximate surface area is 96.3 Å². The number of benzene rings is 1. The summed E-state index contributed by atoms with van der Waals surface area (Å²) in [5, 5.41) is 10.2. The zero-order chi connectivity index (χ0) is 11.4. The number of aliphatic hydroxyl groups is 1. The third-order valence-corrected chi connectivity index (χ3v) is 2.95. The molecule has 2 unspecified atom stereocenters. The smallest absolute Gasteiger partial charge is 0.0819 e. The van der Waals surface area contributed by atoms with Crippen molar-refractivity contribution >= 4 is 5.71 Å². The van der Waals surface area contributed by atoms with Crippen LogP contribution in [0.2, 0.25) is 0 Å². The van der Waals surface area contributed by atoms with Gasteiger partial charge in [-0.05, 0) is 17.9 Å². The van der Waals surface area contributed by atoms with Gasteiger partial charge in [0, 0.05) is 18.3 Å². The molecule has 0 aromatic heterocycles. The van der Waals surface area contributed by atoms with Crippen molar-refractivity contribution in [1.82, 2.24) is 0 Å². The first-order valence-corrected chi connectivity index (χ1v) is 5.71. The number of nitrogens with zero attached hydrogens (tertiary/aromatic N) is 1. The second kappa shape index (κ2) is 5.08. The third-order valence-electron chi connectivity index (χ3n) is 2.95. The van der Waals surface area contributed by atoms with Crippen molar-refractivity contribution < 1.29 is 5.11 Å². The minimum absolute atomic E-state index is 0.209. The summed E-state index contributed by atoms with van der Waals surface area (Å²) in [6.45, 7) is 2.07. The molecule has 1 heterocycles. The van der Waals surface area contributed by atoms with Crippen LogP contribution in [0, 0.1) is 5.92 Å². The summed E-state index contributed by atoms with van der Waals surface area (Å²) < 4.78 is 0. The van der Waals surface area contributed by atoms with Gasteiger partial charge >= 0.3 is 0 Å². The van der Waals surface area contributed by atoms with Crippen molar-refractivity contribution in [2.24, 2.45) is 10.9 Å². The lowest BCUT2D eigenvalue weighted by Gasteiger charge is -2.19. The van der Waals surface area contributed by atoms with Crippen LogP contribution in [0.4, 0.5) is 0 Å². The van der Waals surface area contributed by atoms with Gasteiger partial charge in [-0.25, -0.2) is 0 Å². The molecule has 1 N–H and O–H groups in total. The van der Waals surface area contributed by atoms with E-state index in [-0.39, 0.29) is 5.92 Å². The van der Waals surface area contributed by atoms with Gasteiger partial charge in [-0.1, -0.05) is 43.3 Å². The molecule has 0 spiro atoms. The highest BCUT2D eigenvalue weighted by atomic mass is 16.3. The number of hydrogen-bond acceptors (Lipinski definition) is 2. The minimum atomic E-state index is -0.399. The number of aliphatic imine (C=N–C) groups is 1. The standard InChI is InChI=1S/C14H17NO/c1-11(10-13-8-5-9-15-13)14(16)12-6-3-2-4-7-12/h2-7,9,11,14,16H,8,10H2,1H3. The molecule has 0 saturated heterocycles. The van der Waals surface area contributed by atoms with Crippen LogP contribution in [0.1, 0.15) is 31.4 Å². The molecular formula is C14H17NO. The quantitative estimate of drug-likeness (QED) is 0.822. The van der Waals surface area contributed by atoms with Crippen LogP contribution in [-0.2, 0) is 0 Å². The fourth-order valence-corrected chi connectivity index (χ4v) is 2.00. The summed E-state index contributed by atoms with van der Waals surface area (Å²) >= 11 is 0. The summed E-state index contributed by atoms with van der Waals surface area (Å²) in [5.74, 6) is 0.209. The normalized spacial score (nSPS) is 18.2. The Kier molecular flexibility index (Phi) is 3.52. The topological polar surface area (TPSA) is 32.6 Å². The van der Waals surface area contributed by atoms with Crippen LogP contribution in [0.3, 0.4) is 0 Å². The molecule has 2 heteroatoms. The zero-order valence-corrected chi connectivity index (χ0v) is 9.50. The molecule has 1 aliphatic heterocycles. The molecule has 0 fully saturated rings. The van der Waals surface area contributed by atoms with Gasteiger partial charge in [0.05, 0.1) is 6.10 Å². The molecule has 2 rings (SSSR count). The van der Waals surface area contributed by atoms with Crippen LogP contribution in [0.15, 0.2) is 47.6 Å². The number of rotatable bonds is 4. The molecule has 1 aromatic rings. The van der Waals surface area contributed by atoms with E-state index in [4.69, 9.17) is 0 Å². The third kappa shape index (κ3) is 2.58. The molecule has 84 valence electrons. The van der Waals surface area contributed by atoms with Crippen molar-refractivity contribution in [2.75, 3.05) is 0 Å². The molecule has 0 saturated carbocycles. The summed E-state index contributed by atoms with van der Waals surface area (Å²) in [6, 6.07) is 9.82. The predicted octanol–water partition coefficient (Wildman–Crippen LogP) is 3.10. The highest BCUT2D eigenvalue weighted by Crippen LogP contribution is 2.25. The van der Waals surface area contributed by atoms with E-state index in [0.29, 0.717) is 0 Å². The summed E-state index contributed by atoms with van der Waals surface area (Å²) in [4.78, 5) is 4.28. The Hall–Kier alpha value is -1.41. The van der Waals surface area contributed by atoms with Gasteiger partial charge in [-0.15, -0.1) is 0 Å². The largest absolute Gasteiger partial charge is 0.388 e. The lowest BCUT2D eigenvalue weighted by molar-refractivity contribution is 0.121. The van der Waals surface area contributed by atoms with Crippen molar-refractivity contribution in [2.45, 2.75) is 25.9 Å². The molecule has 2 nitrogen and oxygen atoms in total. The number of aliphatic hydroxyl groups excluding tert-OH is 1. The first kappa shape index (κ1) is 11.1. The average molecular weight is 215 g/mol. The van der Waals surface area contributed by atoms with Crippen LogP contribution < -0.4 is 0 Å². The highest BCUT2D eigenvalue weighted by Gasteiger charge is 2.18. The van der Waals surface area contributed by atoms with E-state index in [1.54, 1.807) is 0 Å². The summed E-state index contributed by atoms with van der Waals surface area (Å²) in [6.07, 6.45) is 5.30. The molecule has 1 aliphatic rings. The molecule has 1 aromatic carbocycles. The number of hydrogen-bond donors (Lipinski definition) is 1. The average Bonchev–Trinajstić information content (AvgIpc) is 2.82. The van der Waals surface area contributed by atoms with E-state index in [1.807, 2.05) is 36.5 Å². The van der Waals surface area contributed by atoms with Crippen molar-refractivity contribution in [1.29, 1.82) is 0 Å². The van der Waals surface area contributed by atoms with Crippen LogP contribution in [0.25, 0.3) is 0 Å². The maximum absolute atomic E-state index is 10.2. The molecule has 0 radical (unpaired) electrons. The Bertz CT molecular complexity index is 394. The maximum atomic E-state index is 10.2. The lowest BCUT2D eigenvalue weighted by atomic mass is 9.92. The van der Waals surface area contributed by atoms with E-state index < -0.39 is 6.10 Å². The Balaban J connectivity index is 1.97. The van der Waals surface area contributed by atoms with Crippen molar-refractivity contribution in [3.63, 3.8) is 0 Å². The molecule has 0 amide bonds. The Morgan fingerprint density at radius 3 is 2.69 bits per heavy atom. The Morgan fingerprint density at radius 1 is 1.31 bits per heavy atom. The van der Waals surface area contributed by atoms with Crippen LogP contribution >= 0.6 is 0 Å². The fraction of sp³-hybridized carbons (Fsp3) is 0.357. The zero-order valence-electron chi connectivity index (χ0n) is 9.50. The van der Waals surface area contributed by atoms with Gasteiger partial charge in [-0.2, -0.15) is 0 Å². The van der Waals surface area contributed by atoms with Crippen LogP contribution in [0.5, 0.6) is 0 Å². The second-order valence-corrected chi connectivity index (χ2v) is 4.32. The fourth-order valence-electron chi connectivity index (χ4n) is 2.00. The summed E-state index contributed by atoms with van der Waals surface area (Å²) in [5.41, 5.74) is 2.16. The molecule has 0 aliphatic carbocycles. The number of allylic oxidation sites excluding steroid dienone is 1. The molecule has 0 bridgehead atoms. The van der Waals surface area contributed by atoms with E-state index in [0.717, 1.165) is 18.4 Å². The second-order valence-electron chi connectivity index (χ2n) is 4.32. The van der Waals surface area contributed by atoms with Crippen molar-refractivity contribution in [3.8, 4) is 0 Å².